The van der Waals surface area contributed by atoms with E-state index >= 15 is 0 Å². The highest BCUT2D eigenvalue weighted by Crippen LogP contribution is 2.37. The van der Waals surface area contributed by atoms with Gasteiger partial charge in [-0.3, -0.25) is 0 Å². The fraction of sp³-hybridized carbons (Fsp3) is 0.471. The number of benzene rings is 1. The van der Waals surface area contributed by atoms with Crippen LogP contribution in [0.25, 0.3) is 0 Å². The minimum absolute atomic E-state index is 0.0316. The first kappa shape index (κ1) is 19.6. The summed E-state index contributed by atoms with van der Waals surface area (Å²) in [5, 5.41) is 20.7. The Labute approximate surface area is 156 Å². The van der Waals surface area contributed by atoms with Gasteiger partial charge in [-0.15, -0.1) is 0 Å². The second-order valence-electron chi connectivity index (χ2n) is 5.78. The van der Waals surface area contributed by atoms with Gasteiger partial charge in [0.05, 0.1) is 12.3 Å². The molecule has 0 saturated heterocycles. The van der Waals surface area contributed by atoms with E-state index in [4.69, 9.17) is 33.3 Å². The quantitative estimate of drug-likeness (QED) is 0.704. The van der Waals surface area contributed by atoms with Crippen LogP contribution in [0.1, 0.15) is 37.7 Å². The lowest BCUT2D eigenvalue weighted by Crippen LogP contribution is -2.09. The predicted molar refractivity (Wildman–Crippen MR) is 99.4 cm³/mol. The zero-order valence-electron chi connectivity index (χ0n) is 13.8. The van der Waals surface area contributed by atoms with Crippen molar-refractivity contribution in [2.45, 2.75) is 49.1 Å². The largest absolute Gasteiger partial charge is 0.396 e. The first-order chi connectivity index (χ1) is 11.5. The Balaban J connectivity index is 2.46. The molecule has 2 aromatic rings. The van der Waals surface area contributed by atoms with Crippen LogP contribution >= 0.6 is 35.0 Å². The molecule has 0 fully saturated rings. The number of aliphatic hydroxyl groups excluding tert-OH is 2. The highest BCUT2D eigenvalue weighted by Gasteiger charge is 2.20. The molecule has 0 atom stereocenters. The second-order valence-corrected chi connectivity index (χ2v) is 7.72. The molecule has 0 aliphatic rings. The third-order valence-electron chi connectivity index (χ3n) is 3.50. The van der Waals surface area contributed by atoms with Crippen LogP contribution < -0.4 is 0 Å². The molecule has 1 aromatic heterocycles. The molecule has 0 unspecified atom stereocenters. The number of imidazole rings is 1. The Morgan fingerprint density at radius 3 is 2.33 bits per heavy atom. The Hall–Kier alpha value is -0.720. The molecule has 1 heterocycles. The van der Waals surface area contributed by atoms with Crippen molar-refractivity contribution in [3.8, 4) is 0 Å². The monoisotopic (exact) mass is 388 g/mol. The maximum absolute atomic E-state index is 9.45. The zero-order valence-corrected chi connectivity index (χ0v) is 16.1. The van der Waals surface area contributed by atoms with Gasteiger partial charge in [0.1, 0.15) is 10.9 Å². The van der Waals surface area contributed by atoms with Crippen LogP contribution in [0.4, 0.5) is 0 Å². The summed E-state index contributed by atoms with van der Waals surface area (Å²) >= 11 is 13.8. The summed E-state index contributed by atoms with van der Waals surface area (Å²) in [4.78, 5) is 5.69. The first-order valence-corrected chi connectivity index (χ1v) is 9.48. The van der Waals surface area contributed by atoms with Crippen LogP contribution in [-0.2, 0) is 13.0 Å². The average Bonchev–Trinajstić information content (AvgIpc) is 2.83. The molecule has 0 saturated carbocycles. The molecule has 2 rings (SSSR count). The lowest BCUT2D eigenvalue weighted by molar-refractivity contribution is 0.266. The van der Waals surface area contributed by atoms with Gasteiger partial charge in [-0.1, -0.05) is 48.8 Å². The van der Waals surface area contributed by atoms with Crippen LogP contribution in [0.3, 0.4) is 0 Å². The molecular formula is C17H22Cl2N2O2S. The summed E-state index contributed by atoms with van der Waals surface area (Å²) in [5.74, 6) is 1.13. The lowest BCUT2D eigenvalue weighted by Gasteiger charge is -2.12. The van der Waals surface area contributed by atoms with Crippen LogP contribution in [-0.4, -0.2) is 33.0 Å². The van der Waals surface area contributed by atoms with Gasteiger partial charge in [-0.2, -0.15) is 0 Å². The van der Waals surface area contributed by atoms with Crippen molar-refractivity contribution in [3.63, 3.8) is 0 Å². The van der Waals surface area contributed by atoms with Crippen LogP contribution in [0.15, 0.2) is 28.1 Å². The van der Waals surface area contributed by atoms with E-state index in [1.807, 2.05) is 16.7 Å². The first-order valence-electron chi connectivity index (χ1n) is 7.91. The fourth-order valence-corrected chi connectivity index (χ4v) is 4.39. The van der Waals surface area contributed by atoms with E-state index in [1.165, 1.54) is 0 Å². The van der Waals surface area contributed by atoms with Gasteiger partial charge in [-0.25, -0.2) is 4.98 Å². The number of rotatable bonds is 8. The lowest BCUT2D eigenvalue weighted by atomic mass is 10.1. The minimum atomic E-state index is 0.0316. The maximum atomic E-state index is 9.45. The van der Waals surface area contributed by atoms with Gasteiger partial charge in [0.25, 0.3) is 0 Å². The number of aromatic nitrogens is 2. The molecule has 132 valence electrons. The van der Waals surface area contributed by atoms with Crippen molar-refractivity contribution < 1.29 is 10.2 Å². The second kappa shape index (κ2) is 9.11. The van der Waals surface area contributed by atoms with Crippen molar-refractivity contribution in [1.82, 2.24) is 9.55 Å². The summed E-state index contributed by atoms with van der Waals surface area (Å²) in [6.07, 6.45) is 1.32. The molecule has 0 bridgehead atoms. The third kappa shape index (κ3) is 4.90. The SMILES string of the molecule is CC(C)c1nc(CCCO)n(CCO)c1Sc1cc(Cl)cc(Cl)c1. The molecule has 2 N–H and O–H groups in total. The van der Waals surface area contributed by atoms with Crippen LogP contribution in [0.5, 0.6) is 0 Å². The molecule has 0 radical (unpaired) electrons. The van der Waals surface area contributed by atoms with E-state index in [9.17, 15) is 5.11 Å². The molecule has 24 heavy (non-hydrogen) atoms. The molecule has 0 amide bonds. The summed E-state index contributed by atoms with van der Waals surface area (Å²) < 4.78 is 2.03. The van der Waals surface area contributed by atoms with Crippen LogP contribution in [0.2, 0.25) is 10.0 Å². The van der Waals surface area contributed by atoms with Gasteiger partial charge >= 0.3 is 0 Å². The predicted octanol–water partition coefficient (Wildman–Crippen LogP) is 4.38. The topological polar surface area (TPSA) is 58.3 Å². The van der Waals surface area contributed by atoms with Gasteiger partial charge in [0.15, 0.2) is 0 Å². The number of halogens is 2. The summed E-state index contributed by atoms with van der Waals surface area (Å²) in [7, 11) is 0. The smallest absolute Gasteiger partial charge is 0.110 e. The molecule has 0 aliphatic heterocycles. The molecular weight excluding hydrogens is 367 g/mol. The number of aliphatic hydroxyl groups is 2. The Morgan fingerprint density at radius 2 is 1.79 bits per heavy atom. The molecule has 4 nitrogen and oxygen atoms in total. The van der Waals surface area contributed by atoms with E-state index in [0.717, 1.165) is 21.4 Å². The molecule has 0 spiro atoms. The standard InChI is InChI=1S/C17H22Cl2N2O2S/c1-11(2)16-17(24-14-9-12(18)8-13(19)10-14)21(5-7-23)15(20-16)4-3-6-22/h8-11,22-23H,3-7H2,1-2H3. The van der Waals surface area contributed by atoms with E-state index < -0.39 is 0 Å². The number of hydrogen-bond acceptors (Lipinski definition) is 4. The molecule has 1 aromatic carbocycles. The van der Waals surface area contributed by atoms with E-state index in [1.54, 1.807) is 17.8 Å². The van der Waals surface area contributed by atoms with Crippen molar-refractivity contribution in [2.24, 2.45) is 0 Å². The van der Waals surface area contributed by atoms with Crippen molar-refractivity contribution in [1.29, 1.82) is 0 Å². The van der Waals surface area contributed by atoms with Crippen molar-refractivity contribution >= 4 is 35.0 Å². The number of hydrogen-bond donors (Lipinski definition) is 2. The summed E-state index contributed by atoms with van der Waals surface area (Å²) in [6.45, 7) is 4.81. The highest BCUT2D eigenvalue weighted by molar-refractivity contribution is 7.99. The van der Waals surface area contributed by atoms with Gasteiger partial charge in [0.2, 0.25) is 0 Å². The van der Waals surface area contributed by atoms with E-state index in [0.29, 0.717) is 29.4 Å². The normalized spacial score (nSPS) is 11.5. The Bertz CT molecular complexity index is 669. The molecule has 0 aliphatic carbocycles. The summed E-state index contributed by atoms with van der Waals surface area (Å²) in [6, 6.07) is 5.44. The maximum Gasteiger partial charge on any atom is 0.110 e. The van der Waals surface area contributed by atoms with Crippen molar-refractivity contribution in [3.05, 3.63) is 39.8 Å². The van der Waals surface area contributed by atoms with Gasteiger partial charge in [0, 0.05) is 34.5 Å². The summed E-state index contributed by atoms with van der Waals surface area (Å²) in [5.41, 5.74) is 0.984. The van der Waals surface area contributed by atoms with Crippen LogP contribution in [0, 0.1) is 0 Å². The Kier molecular flexibility index (Phi) is 7.44. The third-order valence-corrected chi connectivity index (χ3v) is 5.04. The minimum Gasteiger partial charge on any atom is -0.396 e. The number of nitrogens with zero attached hydrogens (tertiary/aromatic N) is 2. The molecule has 7 heteroatoms. The number of aryl methyl sites for hydroxylation is 1. The van der Waals surface area contributed by atoms with Gasteiger partial charge in [-0.05, 0) is 30.5 Å². The zero-order chi connectivity index (χ0) is 17.7. The highest BCUT2D eigenvalue weighted by atomic mass is 35.5. The Morgan fingerprint density at radius 1 is 1.12 bits per heavy atom. The van der Waals surface area contributed by atoms with Crippen molar-refractivity contribution in [2.75, 3.05) is 13.2 Å². The fourth-order valence-electron chi connectivity index (χ4n) is 2.44. The van der Waals surface area contributed by atoms with E-state index in [2.05, 4.69) is 13.8 Å². The van der Waals surface area contributed by atoms with Gasteiger partial charge < -0.3 is 14.8 Å². The van der Waals surface area contributed by atoms with E-state index in [-0.39, 0.29) is 19.1 Å². The average molecular weight is 389 g/mol.